The second-order valence-electron chi connectivity index (χ2n) is 11.2. The number of hydrogen-bond donors (Lipinski definition) is 1. The van der Waals surface area contributed by atoms with Crippen molar-refractivity contribution in [1.82, 2.24) is 14.8 Å². The Balaban J connectivity index is 1.30. The highest BCUT2D eigenvalue weighted by atomic mass is 35.5. The number of allylic oxidation sites excluding steroid dienone is 2. The van der Waals surface area contributed by atoms with Crippen LogP contribution in [-0.2, 0) is 17.2 Å². The van der Waals surface area contributed by atoms with Gasteiger partial charge in [0.15, 0.2) is 5.78 Å². The molecule has 4 aromatic rings. The van der Waals surface area contributed by atoms with E-state index in [2.05, 4.69) is 38.2 Å². The van der Waals surface area contributed by atoms with E-state index in [4.69, 9.17) is 26.4 Å². The number of carbonyl (C=O) groups is 1. The number of fused-ring (bicyclic) bond motifs is 1. The van der Waals surface area contributed by atoms with Crippen LogP contribution in [0.2, 0.25) is 5.02 Å². The molecule has 1 atom stereocenters. The van der Waals surface area contributed by atoms with Gasteiger partial charge < -0.3 is 10.1 Å². The monoisotopic (exact) mass is 570 g/mol. The zero-order valence-corrected chi connectivity index (χ0v) is 24.4. The van der Waals surface area contributed by atoms with Crippen LogP contribution in [0.3, 0.4) is 0 Å². The quantitative estimate of drug-likeness (QED) is 0.229. The normalized spacial score (nSPS) is 17.7. The Morgan fingerprint density at radius 3 is 2.50 bits per heavy atom. The molecular formula is C32H31ClN4O2S. The fraction of sp³-hybridized carbons (Fsp3) is 0.281. The Kier molecular flexibility index (Phi) is 7.19. The van der Waals surface area contributed by atoms with Crippen LogP contribution >= 0.6 is 23.4 Å². The topological polar surface area (TPSA) is 69.0 Å². The maximum Gasteiger partial charge on any atom is 0.227 e. The molecule has 0 amide bonds. The van der Waals surface area contributed by atoms with Crippen LogP contribution in [-0.4, -0.2) is 20.5 Å². The molecule has 0 spiro atoms. The van der Waals surface area contributed by atoms with E-state index in [0.29, 0.717) is 29.9 Å². The molecule has 3 aromatic carbocycles. The van der Waals surface area contributed by atoms with Gasteiger partial charge in [0.25, 0.3) is 0 Å². The van der Waals surface area contributed by atoms with Crippen molar-refractivity contribution in [1.29, 1.82) is 0 Å². The van der Waals surface area contributed by atoms with Crippen molar-refractivity contribution >= 4 is 35.1 Å². The van der Waals surface area contributed by atoms with Crippen LogP contribution in [0, 0.1) is 12.3 Å². The Bertz CT molecular complexity index is 1610. The third-order valence-corrected chi connectivity index (χ3v) is 8.73. The van der Waals surface area contributed by atoms with Gasteiger partial charge in [0.2, 0.25) is 11.1 Å². The number of ketones is 1. The Hall–Kier alpha value is -3.55. The van der Waals surface area contributed by atoms with E-state index in [1.54, 1.807) is 0 Å². The molecule has 1 aromatic heterocycles. The zero-order chi connectivity index (χ0) is 27.9. The number of rotatable bonds is 7. The van der Waals surface area contributed by atoms with Crippen LogP contribution < -0.4 is 10.1 Å². The minimum Gasteiger partial charge on any atom is -0.489 e. The van der Waals surface area contributed by atoms with Gasteiger partial charge in [-0.2, -0.15) is 4.98 Å². The third-order valence-electron chi connectivity index (χ3n) is 7.48. The summed E-state index contributed by atoms with van der Waals surface area (Å²) in [7, 11) is 0. The molecule has 204 valence electrons. The fourth-order valence-corrected chi connectivity index (χ4v) is 6.51. The molecule has 1 unspecified atom stereocenters. The van der Waals surface area contributed by atoms with Crippen molar-refractivity contribution in [3.63, 3.8) is 0 Å². The maximum atomic E-state index is 13.5. The number of Topliss-reactive ketones (excluding diaryl/α,β-unsaturated/α-hetero) is 1. The van der Waals surface area contributed by atoms with Gasteiger partial charge in [0.1, 0.15) is 18.4 Å². The first kappa shape index (κ1) is 26.7. The molecule has 0 saturated carbocycles. The molecular weight excluding hydrogens is 540 g/mol. The number of aryl methyl sites for hydroxylation is 1. The summed E-state index contributed by atoms with van der Waals surface area (Å²) in [6, 6.07) is 23.7. The molecule has 8 heteroatoms. The average Bonchev–Trinajstić information content (AvgIpc) is 3.33. The number of halogens is 1. The summed E-state index contributed by atoms with van der Waals surface area (Å²) in [5.74, 6) is 2.23. The largest absolute Gasteiger partial charge is 0.489 e. The predicted molar refractivity (Wildman–Crippen MR) is 160 cm³/mol. The highest BCUT2D eigenvalue weighted by Crippen LogP contribution is 2.46. The van der Waals surface area contributed by atoms with E-state index in [1.165, 1.54) is 17.3 Å². The fourth-order valence-electron chi connectivity index (χ4n) is 5.40. The van der Waals surface area contributed by atoms with Crippen LogP contribution in [0.25, 0.3) is 0 Å². The number of anilines is 1. The summed E-state index contributed by atoms with van der Waals surface area (Å²) in [5, 5.41) is 9.69. The van der Waals surface area contributed by atoms with E-state index in [1.807, 2.05) is 65.3 Å². The lowest BCUT2D eigenvalue weighted by molar-refractivity contribution is -0.118. The number of aromatic nitrogens is 3. The zero-order valence-electron chi connectivity index (χ0n) is 22.8. The van der Waals surface area contributed by atoms with Gasteiger partial charge in [0.05, 0.1) is 0 Å². The molecule has 0 fully saturated rings. The minimum absolute atomic E-state index is 0.120. The lowest BCUT2D eigenvalue weighted by atomic mass is 9.73. The van der Waals surface area contributed by atoms with E-state index in [-0.39, 0.29) is 17.2 Å². The minimum atomic E-state index is -0.359. The van der Waals surface area contributed by atoms with Crippen LogP contribution in [0.5, 0.6) is 5.75 Å². The molecule has 0 bridgehead atoms. The number of nitrogens with one attached hydrogen (secondary N) is 1. The van der Waals surface area contributed by atoms with Crippen LogP contribution in [0.1, 0.15) is 55.0 Å². The molecule has 1 aliphatic heterocycles. The number of ether oxygens (including phenoxy) is 1. The first-order valence-electron chi connectivity index (χ1n) is 13.4. The van der Waals surface area contributed by atoms with Crippen molar-refractivity contribution < 1.29 is 9.53 Å². The van der Waals surface area contributed by atoms with Gasteiger partial charge in [-0.3, -0.25) is 4.79 Å². The summed E-state index contributed by atoms with van der Waals surface area (Å²) < 4.78 is 7.94. The van der Waals surface area contributed by atoms with Gasteiger partial charge in [-0.25, -0.2) is 4.68 Å². The van der Waals surface area contributed by atoms with Gasteiger partial charge in [-0.1, -0.05) is 91.8 Å². The molecule has 1 N–H and O–H groups in total. The summed E-state index contributed by atoms with van der Waals surface area (Å²) >= 11 is 7.90. The first-order valence-corrected chi connectivity index (χ1v) is 14.8. The van der Waals surface area contributed by atoms with Gasteiger partial charge >= 0.3 is 0 Å². The molecule has 6 nitrogen and oxygen atoms in total. The Morgan fingerprint density at radius 2 is 1.75 bits per heavy atom. The molecule has 2 heterocycles. The van der Waals surface area contributed by atoms with E-state index in [0.717, 1.165) is 45.2 Å². The van der Waals surface area contributed by atoms with Crippen molar-refractivity contribution in [3.8, 4) is 5.75 Å². The first-order chi connectivity index (χ1) is 19.3. The summed E-state index contributed by atoms with van der Waals surface area (Å²) in [4.78, 5) is 18.4. The average molecular weight is 571 g/mol. The maximum absolute atomic E-state index is 13.5. The number of benzene rings is 3. The van der Waals surface area contributed by atoms with Crippen LogP contribution in [0.4, 0.5) is 5.95 Å². The molecule has 6 rings (SSSR count). The van der Waals surface area contributed by atoms with E-state index in [9.17, 15) is 4.79 Å². The SMILES string of the molecule is Cc1ccccc1COc1ccc(C2C3=C(CC(C)(C)CC3=O)Nc3nc(SCc4ccccc4Cl)nn32)cc1. The van der Waals surface area contributed by atoms with Crippen molar-refractivity contribution in [2.75, 3.05) is 5.32 Å². The van der Waals surface area contributed by atoms with E-state index >= 15 is 0 Å². The standard InChI is InChI=1S/C32H31ClN4O2S/c1-20-8-4-5-9-22(20)18-39-24-14-12-21(13-15-24)29-28-26(16-32(2,3)17-27(28)38)34-30-35-31(36-37(29)30)40-19-23-10-6-7-11-25(23)33/h4-15,29H,16-19H2,1-3H3,(H,34,35,36). The Labute approximate surface area is 243 Å². The highest BCUT2D eigenvalue weighted by Gasteiger charge is 2.41. The van der Waals surface area contributed by atoms with Gasteiger partial charge in [-0.05, 0) is 59.2 Å². The lowest BCUT2D eigenvalue weighted by Gasteiger charge is -2.38. The lowest BCUT2D eigenvalue weighted by Crippen LogP contribution is -2.36. The smallest absolute Gasteiger partial charge is 0.227 e. The van der Waals surface area contributed by atoms with Crippen molar-refractivity contribution in [3.05, 3.63) is 111 Å². The van der Waals surface area contributed by atoms with Gasteiger partial charge in [-0.15, -0.1) is 5.10 Å². The summed E-state index contributed by atoms with van der Waals surface area (Å²) in [5.41, 5.74) is 5.95. The molecule has 0 saturated heterocycles. The molecule has 0 radical (unpaired) electrons. The van der Waals surface area contributed by atoms with Crippen molar-refractivity contribution in [2.24, 2.45) is 5.41 Å². The van der Waals surface area contributed by atoms with E-state index < -0.39 is 0 Å². The molecule has 2 aliphatic rings. The van der Waals surface area contributed by atoms with Crippen LogP contribution in [0.15, 0.2) is 89.2 Å². The van der Waals surface area contributed by atoms with Crippen molar-refractivity contribution in [2.45, 2.75) is 57.2 Å². The summed E-state index contributed by atoms with van der Waals surface area (Å²) in [6.45, 7) is 6.86. The highest BCUT2D eigenvalue weighted by molar-refractivity contribution is 7.98. The molecule has 40 heavy (non-hydrogen) atoms. The number of hydrogen-bond acceptors (Lipinski definition) is 6. The third kappa shape index (κ3) is 5.40. The van der Waals surface area contributed by atoms with Gasteiger partial charge in [0, 0.05) is 28.5 Å². The summed E-state index contributed by atoms with van der Waals surface area (Å²) in [6.07, 6.45) is 1.27. The Morgan fingerprint density at radius 1 is 1.02 bits per heavy atom. The number of carbonyl (C=O) groups excluding carboxylic acids is 1. The predicted octanol–water partition coefficient (Wildman–Crippen LogP) is 7.77. The number of nitrogens with zero attached hydrogens (tertiary/aromatic N) is 3. The second kappa shape index (κ2) is 10.8. The second-order valence-corrected chi connectivity index (χ2v) is 12.5. The number of thioether (sulfide) groups is 1. The molecule has 1 aliphatic carbocycles.